The molecule has 0 fully saturated rings. The molecule has 4 aromatic carbocycles. The van der Waals surface area contributed by atoms with E-state index in [0.29, 0.717) is 11.3 Å². The molecule has 132 valence electrons. The first-order valence-corrected chi connectivity index (χ1v) is 9.23. The molecule has 0 spiro atoms. The van der Waals surface area contributed by atoms with Crippen molar-refractivity contribution < 1.29 is 8.53 Å². The van der Waals surface area contributed by atoms with Gasteiger partial charge in [-0.25, -0.2) is 0 Å². The van der Waals surface area contributed by atoms with Gasteiger partial charge in [-0.1, -0.05) is 48.5 Å². The summed E-state index contributed by atoms with van der Waals surface area (Å²) in [6, 6.07) is 25.9. The number of fused-ring (bicyclic) bond motifs is 6. The van der Waals surface area contributed by atoms with Gasteiger partial charge in [0.2, 0.25) is 0 Å². The highest BCUT2D eigenvalue weighted by atomic mass is 16.3. The number of pyridine rings is 1. The Labute approximate surface area is 166 Å². The van der Waals surface area contributed by atoms with Gasteiger partial charge in [-0.05, 0) is 64.3 Å². The summed E-state index contributed by atoms with van der Waals surface area (Å²) >= 11 is 0. The number of aromatic nitrogens is 1. The summed E-state index contributed by atoms with van der Waals surface area (Å²) in [5, 5.41) is 6.71. The molecule has 0 radical (unpaired) electrons. The van der Waals surface area contributed by atoms with E-state index in [-0.39, 0.29) is 5.56 Å². The zero-order valence-electron chi connectivity index (χ0n) is 17.9. The van der Waals surface area contributed by atoms with E-state index < -0.39 is 6.85 Å². The normalized spacial score (nSPS) is 13.8. The third-order valence-electron chi connectivity index (χ3n) is 5.40. The van der Waals surface area contributed by atoms with Gasteiger partial charge >= 0.3 is 0 Å². The molecule has 28 heavy (non-hydrogen) atoms. The average molecular weight is 362 g/mol. The van der Waals surface area contributed by atoms with E-state index in [9.17, 15) is 0 Å². The number of hydrogen-bond acceptors (Lipinski definition) is 2. The van der Waals surface area contributed by atoms with Gasteiger partial charge in [-0.15, -0.1) is 0 Å². The number of furan rings is 1. The van der Waals surface area contributed by atoms with E-state index in [4.69, 9.17) is 8.53 Å². The first-order chi connectivity index (χ1) is 15.0. The topological polar surface area (TPSA) is 26.0 Å². The summed E-state index contributed by atoms with van der Waals surface area (Å²) in [5.41, 5.74) is 3.16. The number of rotatable bonds is 1. The smallest absolute Gasteiger partial charge is 0.144 e. The highest BCUT2D eigenvalue weighted by Gasteiger charge is 2.14. The Morgan fingerprint density at radius 2 is 1.64 bits per heavy atom. The maximum absolute atomic E-state index is 7.71. The Balaban J connectivity index is 1.65. The van der Waals surface area contributed by atoms with Crippen molar-refractivity contribution >= 4 is 43.5 Å². The first kappa shape index (κ1) is 12.7. The quantitative estimate of drug-likeness (QED) is 0.288. The highest BCUT2D eigenvalue weighted by molar-refractivity contribution is 6.17. The lowest BCUT2D eigenvalue weighted by atomic mass is 9.99. The Bertz CT molecular complexity index is 1630. The van der Waals surface area contributed by atoms with Crippen molar-refractivity contribution in [1.82, 2.24) is 4.98 Å². The molecule has 0 saturated carbocycles. The van der Waals surface area contributed by atoms with Crippen molar-refractivity contribution in [3.63, 3.8) is 0 Å². The number of para-hydroxylation sites is 1. The van der Waals surface area contributed by atoms with Gasteiger partial charge in [0, 0.05) is 26.6 Å². The van der Waals surface area contributed by atoms with Gasteiger partial charge in [0.05, 0.1) is 5.69 Å². The van der Waals surface area contributed by atoms with E-state index in [1.807, 2.05) is 30.3 Å². The molecule has 0 amide bonds. The molecule has 2 aromatic heterocycles. The molecule has 0 N–H and O–H groups in total. The maximum atomic E-state index is 7.71. The van der Waals surface area contributed by atoms with Crippen LogP contribution in [-0.4, -0.2) is 4.98 Å². The molecular weight excluding hydrogens is 342 g/mol. The molecule has 2 heteroatoms. The van der Waals surface area contributed by atoms with Crippen molar-refractivity contribution in [1.29, 1.82) is 0 Å². The van der Waals surface area contributed by atoms with Crippen molar-refractivity contribution in [2.45, 2.75) is 6.85 Å². The van der Waals surface area contributed by atoms with E-state index >= 15 is 0 Å². The fourth-order valence-corrected chi connectivity index (χ4v) is 4.08. The summed E-state index contributed by atoms with van der Waals surface area (Å²) in [4.78, 5) is 4.43. The van der Waals surface area contributed by atoms with Crippen LogP contribution in [-0.2, 0) is 0 Å². The summed E-state index contributed by atoms with van der Waals surface area (Å²) in [6.07, 6.45) is 1.54. The summed E-state index contributed by atoms with van der Waals surface area (Å²) in [7, 11) is 0. The van der Waals surface area contributed by atoms with Crippen molar-refractivity contribution in [3.05, 3.63) is 90.6 Å². The Kier molecular flexibility index (Phi) is 2.57. The van der Waals surface area contributed by atoms with Gasteiger partial charge < -0.3 is 4.42 Å². The van der Waals surface area contributed by atoms with E-state index in [2.05, 4.69) is 41.4 Å². The molecule has 0 bridgehead atoms. The van der Waals surface area contributed by atoms with Crippen LogP contribution in [0.25, 0.3) is 54.7 Å². The second-order valence-corrected chi connectivity index (χ2v) is 7.07. The van der Waals surface area contributed by atoms with E-state index in [0.717, 1.165) is 32.7 Å². The number of aryl methyl sites for hydroxylation is 1. The van der Waals surface area contributed by atoms with Crippen LogP contribution in [0, 0.1) is 6.85 Å². The monoisotopic (exact) mass is 362 g/mol. The summed E-state index contributed by atoms with van der Waals surface area (Å²) in [5.74, 6) is 0. The second-order valence-electron chi connectivity index (χ2n) is 7.07. The molecular formula is C26H17NO. The number of benzene rings is 4. The largest absolute Gasteiger partial charge is 0.455 e. The lowest BCUT2D eigenvalue weighted by Crippen LogP contribution is -1.84. The first-order valence-electron chi connectivity index (χ1n) is 10.7. The van der Waals surface area contributed by atoms with Gasteiger partial charge in [-0.3, -0.25) is 4.98 Å². The van der Waals surface area contributed by atoms with Crippen LogP contribution in [0.5, 0.6) is 0 Å². The van der Waals surface area contributed by atoms with Gasteiger partial charge in [-0.2, -0.15) is 0 Å². The van der Waals surface area contributed by atoms with E-state index in [1.165, 1.54) is 16.8 Å². The zero-order valence-corrected chi connectivity index (χ0v) is 14.9. The van der Waals surface area contributed by atoms with Crippen molar-refractivity contribution in [2.75, 3.05) is 0 Å². The minimum absolute atomic E-state index is 0.267. The fraction of sp³-hybridized carbons (Fsp3) is 0.0385. The molecule has 6 rings (SSSR count). The summed E-state index contributed by atoms with van der Waals surface area (Å²) in [6.45, 7) is -2.18. The van der Waals surface area contributed by atoms with Crippen LogP contribution in [0.15, 0.2) is 89.5 Å². The third-order valence-corrected chi connectivity index (χ3v) is 5.40. The van der Waals surface area contributed by atoms with Crippen LogP contribution in [0.2, 0.25) is 0 Å². The fourth-order valence-electron chi connectivity index (χ4n) is 4.08. The lowest BCUT2D eigenvalue weighted by molar-refractivity contribution is 0.670. The average Bonchev–Trinajstić information content (AvgIpc) is 3.15. The molecule has 0 saturated heterocycles. The van der Waals surface area contributed by atoms with Gasteiger partial charge in [0.25, 0.3) is 0 Å². The SMILES string of the molecule is [2H]C([2H])([2H])c1ccnc(-c2cccc3c2oc2cc4c(ccc5ccccc54)cc23)c1. The van der Waals surface area contributed by atoms with Crippen LogP contribution < -0.4 is 0 Å². The minimum Gasteiger partial charge on any atom is -0.455 e. The molecule has 6 aromatic rings. The van der Waals surface area contributed by atoms with Gasteiger partial charge in [0.1, 0.15) is 11.2 Å². The Hall–Kier alpha value is -3.65. The molecule has 0 aliphatic heterocycles. The molecule has 2 nitrogen and oxygen atoms in total. The highest BCUT2D eigenvalue weighted by Crippen LogP contribution is 2.38. The van der Waals surface area contributed by atoms with Crippen LogP contribution in [0.4, 0.5) is 0 Å². The Morgan fingerprint density at radius 1 is 0.750 bits per heavy atom. The van der Waals surface area contributed by atoms with E-state index in [1.54, 1.807) is 12.3 Å². The van der Waals surface area contributed by atoms with Crippen LogP contribution in [0.3, 0.4) is 0 Å². The molecule has 0 atom stereocenters. The molecule has 0 aliphatic rings. The number of hydrogen-bond donors (Lipinski definition) is 0. The van der Waals surface area contributed by atoms with Crippen LogP contribution >= 0.6 is 0 Å². The lowest BCUT2D eigenvalue weighted by Gasteiger charge is -2.03. The second kappa shape index (κ2) is 5.67. The van der Waals surface area contributed by atoms with Crippen LogP contribution in [0.1, 0.15) is 9.68 Å². The third kappa shape index (κ3) is 2.18. The predicted octanol–water partition coefficient (Wildman–Crippen LogP) is 7.26. The predicted molar refractivity (Wildman–Crippen MR) is 117 cm³/mol. The zero-order chi connectivity index (χ0) is 21.2. The maximum Gasteiger partial charge on any atom is 0.144 e. The minimum atomic E-state index is -2.18. The van der Waals surface area contributed by atoms with Crippen molar-refractivity contribution in [3.8, 4) is 11.3 Å². The Morgan fingerprint density at radius 3 is 2.61 bits per heavy atom. The summed E-state index contributed by atoms with van der Waals surface area (Å²) < 4.78 is 29.5. The molecule has 0 unspecified atom stereocenters. The van der Waals surface area contributed by atoms with Gasteiger partial charge in [0.15, 0.2) is 0 Å². The molecule has 0 aliphatic carbocycles. The molecule has 2 heterocycles. The van der Waals surface area contributed by atoms with Crippen molar-refractivity contribution in [2.24, 2.45) is 0 Å². The number of nitrogens with zero attached hydrogens (tertiary/aromatic N) is 1. The standard InChI is InChI=1S/C26H17NO/c1-16-11-12-27-24(13-16)21-8-4-7-20-23-14-18-10-9-17-5-2-3-6-19(17)22(18)15-25(23)28-26(20)21/h2-15H,1H3/i1D3.